The quantitative estimate of drug-likeness (QED) is 0.371. The highest BCUT2D eigenvalue weighted by molar-refractivity contribution is 7.12. The van der Waals surface area contributed by atoms with Crippen LogP contribution in [0.5, 0.6) is 5.75 Å². The topological polar surface area (TPSA) is 77.2 Å². The molecule has 4 aromatic rings. The molecule has 2 aromatic carbocycles. The molecule has 152 valence electrons. The molecule has 8 heteroatoms. The number of nitrogens with one attached hydrogen (secondary N) is 1. The lowest BCUT2D eigenvalue weighted by Crippen LogP contribution is -2.09. The number of alkyl halides is 1. The summed E-state index contributed by atoms with van der Waals surface area (Å²) < 4.78 is 11.0. The predicted molar refractivity (Wildman–Crippen MR) is 117 cm³/mol. The molecule has 0 spiro atoms. The van der Waals surface area contributed by atoms with Gasteiger partial charge >= 0.3 is 0 Å². The van der Waals surface area contributed by atoms with Crippen LogP contribution in [0.15, 0.2) is 70.6 Å². The normalized spacial score (nSPS) is 10.7. The summed E-state index contributed by atoms with van der Waals surface area (Å²) in [5.74, 6) is 2.02. The molecule has 30 heavy (non-hydrogen) atoms. The minimum absolute atomic E-state index is 0.132. The average molecular weight is 440 g/mol. The van der Waals surface area contributed by atoms with Crippen LogP contribution >= 0.6 is 22.9 Å². The molecule has 0 fully saturated rings. The number of amides is 1. The lowest BCUT2D eigenvalue weighted by Gasteiger charge is -2.04. The van der Waals surface area contributed by atoms with Gasteiger partial charge in [-0.25, -0.2) is 0 Å². The van der Waals surface area contributed by atoms with Crippen LogP contribution in [-0.2, 0) is 13.0 Å². The van der Waals surface area contributed by atoms with Crippen LogP contribution in [0, 0.1) is 0 Å². The second-order valence-corrected chi connectivity index (χ2v) is 7.72. The van der Waals surface area contributed by atoms with Gasteiger partial charge in [-0.15, -0.1) is 22.9 Å². The van der Waals surface area contributed by atoms with Crippen molar-refractivity contribution in [3.8, 4) is 17.1 Å². The summed E-state index contributed by atoms with van der Waals surface area (Å²) in [6.07, 6.45) is 0.825. The summed E-state index contributed by atoms with van der Waals surface area (Å²) in [5, 5.41) is 8.73. The second kappa shape index (κ2) is 9.56. The zero-order valence-corrected chi connectivity index (χ0v) is 17.4. The molecule has 6 nitrogen and oxygen atoms in total. The number of carbonyl (C=O) groups excluding carboxylic acids is 1. The molecule has 0 aliphatic rings. The molecule has 0 bridgehead atoms. The minimum Gasteiger partial charge on any atom is -0.484 e. The van der Waals surface area contributed by atoms with Crippen LogP contribution < -0.4 is 10.1 Å². The number of hydrogen-bond acceptors (Lipinski definition) is 6. The van der Waals surface area contributed by atoms with E-state index in [0.717, 1.165) is 23.3 Å². The van der Waals surface area contributed by atoms with Crippen LogP contribution in [0.4, 0.5) is 5.69 Å². The van der Waals surface area contributed by atoms with Gasteiger partial charge in [0.1, 0.15) is 5.75 Å². The van der Waals surface area contributed by atoms with Crippen molar-refractivity contribution in [3.05, 3.63) is 82.4 Å². The summed E-state index contributed by atoms with van der Waals surface area (Å²) in [5.41, 5.74) is 2.64. The molecule has 0 saturated carbocycles. The van der Waals surface area contributed by atoms with Crippen LogP contribution in [-0.4, -0.2) is 21.9 Å². The Bertz CT molecular complexity index is 1090. The van der Waals surface area contributed by atoms with Gasteiger partial charge in [-0.3, -0.25) is 4.79 Å². The van der Waals surface area contributed by atoms with E-state index in [2.05, 4.69) is 15.5 Å². The van der Waals surface area contributed by atoms with Crippen molar-refractivity contribution in [1.29, 1.82) is 0 Å². The predicted octanol–water partition coefficient (Wildman–Crippen LogP) is 5.41. The zero-order valence-electron chi connectivity index (χ0n) is 15.9. The van der Waals surface area contributed by atoms with Gasteiger partial charge in [0.05, 0.1) is 4.88 Å². The summed E-state index contributed by atoms with van der Waals surface area (Å²) >= 11 is 7.14. The van der Waals surface area contributed by atoms with Crippen LogP contribution in [0.2, 0.25) is 0 Å². The Morgan fingerprint density at radius 3 is 2.60 bits per heavy atom. The lowest BCUT2D eigenvalue weighted by atomic mass is 10.2. The van der Waals surface area contributed by atoms with Gasteiger partial charge in [0.2, 0.25) is 5.82 Å². The molecule has 0 aliphatic heterocycles. The second-order valence-electron chi connectivity index (χ2n) is 6.39. The van der Waals surface area contributed by atoms with Crippen molar-refractivity contribution in [2.75, 3.05) is 11.2 Å². The SMILES string of the molecule is O=C(Nc1ccc(-c2noc(COc3ccc(CCCl)cc3)n2)cc1)c1cccs1. The number of carbonyl (C=O) groups is 1. The molecule has 0 aliphatic carbocycles. The van der Waals surface area contributed by atoms with Crippen LogP contribution in [0.3, 0.4) is 0 Å². The number of aromatic nitrogens is 2. The third-order valence-electron chi connectivity index (χ3n) is 4.28. The fraction of sp³-hybridized carbons (Fsp3) is 0.136. The number of halogens is 1. The van der Waals surface area contributed by atoms with Gasteiger partial charge in [0.25, 0.3) is 11.8 Å². The van der Waals surface area contributed by atoms with Gasteiger partial charge in [-0.05, 0) is 59.8 Å². The van der Waals surface area contributed by atoms with E-state index in [1.807, 2.05) is 47.8 Å². The van der Waals surface area contributed by atoms with Gasteiger partial charge in [0, 0.05) is 17.1 Å². The summed E-state index contributed by atoms with van der Waals surface area (Å²) in [4.78, 5) is 17.1. The highest BCUT2D eigenvalue weighted by Crippen LogP contribution is 2.21. The molecule has 2 heterocycles. The van der Waals surface area contributed by atoms with E-state index in [4.69, 9.17) is 20.9 Å². The monoisotopic (exact) mass is 439 g/mol. The van der Waals surface area contributed by atoms with Crippen LogP contribution in [0.25, 0.3) is 11.4 Å². The minimum atomic E-state index is -0.132. The number of ether oxygens (including phenoxy) is 1. The maximum absolute atomic E-state index is 12.1. The first kappa shape index (κ1) is 20.1. The van der Waals surface area contributed by atoms with Gasteiger partial charge in [0.15, 0.2) is 6.61 Å². The largest absolute Gasteiger partial charge is 0.484 e. The Balaban J connectivity index is 1.34. The molecular formula is C22H18ClN3O3S. The summed E-state index contributed by atoms with van der Waals surface area (Å²) in [7, 11) is 0. The number of rotatable bonds is 8. The van der Waals surface area contributed by atoms with E-state index in [1.54, 1.807) is 18.2 Å². The van der Waals surface area contributed by atoms with Gasteiger partial charge in [-0.1, -0.05) is 23.4 Å². The first-order valence-electron chi connectivity index (χ1n) is 9.27. The van der Waals surface area contributed by atoms with Gasteiger partial charge < -0.3 is 14.6 Å². The standard InChI is InChI=1S/C22H18ClN3O3S/c23-12-11-15-3-9-18(10-4-15)28-14-20-25-21(26-29-20)16-5-7-17(8-6-16)24-22(27)19-2-1-13-30-19/h1-10,13H,11-12,14H2,(H,24,27). The first-order valence-corrected chi connectivity index (χ1v) is 10.7. The summed E-state index contributed by atoms with van der Waals surface area (Å²) in [6, 6.07) is 18.6. The van der Waals surface area contributed by atoms with E-state index in [1.165, 1.54) is 11.3 Å². The fourth-order valence-corrected chi connectivity index (χ4v) is 3.58. The molecular weight excluding hydrogens is 422 g/mol. The zero-order chi connectivity index (χ0) is 20.8. The lowest BCUT2D eigenvalue weighted by molar-refractivity contribution is 0.103. The number of anilines is 1. The Hall–Kier alpha value is -3.16. The summed E-state index contributed by atoms with van der Waals surface area (Å²) in [6.45, 7) is 0.177. The molecule has 0 atom stereocenters. The Kier molecular flexibility index (Phi) is 6.41. The van der Waals surface area contributed by atoms with E-state index < -0.39 is 0 Å². The van der Waals surface area contributed by atoms with Crippen molar-refractivity contribution in [1.82, 2.24) is 10.1 Å². The Morgan fingerprint density at radius 1 is 1.10 bits per heavy atom. The van der Waals surface area contributed by atoms with Crippen molar-refractivity contribution in [2.24, 2.45) is 0 Å². The maximum Gasteiger partial charge on any atom is 0.265 e. The number of aryl methyl sites for hydroxylation is 1. The van der Waals surface area contributed by atoms with Crippen molar-refractivity contribution >= 4 is 34.5 Å². The molecule has 2 aromatic heterocycles. The first-order chi connectivity index (χ1) is 14.7. The van der Waals surface area contributed by atoms with Crippen LogP contribution in [0.1, 0.15) is 21.1 Å². The van der Waals surface area contributed by atoms with E-state index in [-0.39, 0.29) is 12.5 Å². The van der Waals surface area contributed by atoms with E-state index in [9.17, 15) is 4.79 Å². The highest BCUT2D eigenvalue weighted by atomic mass is 35.5. The molecule has 4 rings (SSSR count). The maximum atomic E-state index is 12.1. The van der Waals surface area contributed by atoms with Gasteiger partial charge in [-0.2, -0.15) is 4.98 Å². The smallest absolute Gasteiger partial charge is 0.265 e. The number of nitrogens with zero attached hydrogens (tertiary/aromatic N) is 2. The molecule has 1 amide bonds. The van der Waals surface area contributed by atoms with Crippen molar-refractivity contribution in [3.63, 3.8) is 0 Å². The fourth-order valence-electron chi connectivity index (χ4n) is 2.74. The van der Waals surface area contributed by atoms with Crippen molar-refractivity contribution in [2.45, 2.75) is 13.0 Å². The highest BCUT2D eigenvalue weighted by Gasteiger charge is 2.11. The third kappa shape index (κ3) is 5.06. The Labute approximate surface area is 182 Å². The average Bonchev–Trinajstić information content (AvgIpc) is 3.47. The molecule has 0 unspecified atom stereocenters. The molecule has 0 saturated heterocycles. The molecule has 0 radical (unpaired) electrons. The Morgan fingerprint density at radius 2 is 1.90 bits per heavy atom. The number of hydrogen-bond donors (Lipinski definition) is 1. The van der Waals surface area contributed by atoms with E-state index in [0.29, 0.717) is 28.2 Å². The van der Waals surface area contributed by atoms with E-state index >= 15 is 0 Å². The van der Waals surface area contributed by atoms with Crippen molar-refractivity contribution < 1.29 is 14.1 Å². The molecule has 1 N–H and O–H groups in total. The number of benzene rings is 2. The third-order valence-corrected chi connectivity index (χ3v) is 5.34. The number of thiophene rings is 1.